The Bertz CT molecular complexity index is 1070. The van der Waals surface area contributed by atoms with Crippen LogP contribution in [-0.4, -0.2) is 38.2 Å². The van der Waals surface area contributed by atoms with Crippen LogP contribution in [0.1, 0.15) is 31.9 Å². The normalized spacial score (nSPS) is 11.3. The summed E-state index contributed by atoms with van der Waals surface area (Å²) in [4.78, 5) is 37.6. The van der Waals surface area contributed by atoms with Crippen molar-refractivity contribution in [1.82, 2.24) is 0 Å². The van der Waals surface area contributed by atoms with Crippen LogP contribution in [0.5, 0.6) is 0 Å². The molecule has 1 aromatic heterocycles. The second-order valence-electron chi connectivity index (χ2n) is 6.91. The molecule has 0 spiro atoms. The first-order chi connectivity index (χ1) is 15.0. The molecule has 2 rings (SSSR count). The minimum Gasteiger partial charge on any atom is -0.462 e. The Labute approximate surface area is 182 Å². The monoisotopic (exact) mass is 455 g/mol. The Morgan fingerprint density at radius 1 is 1.12 bits per heavy atom. The molecular weight excluding hydrogens is 431 g/mol. The molecule has 0 aliphatic carbocycles. The maximum Gasteiger partial charge on any atom is 0.417 e. The molecule has 0 aliphatic rings. The van der Waals surface area contributed by atoms with Gasteiger partial charge in [0.15, 0.2) is 0 Å². The van der Waals surface area contributed by atoms with Crippen LogP contribution < -0.4 is 10.5 Å². The highest BCUT2D eigenvalue weighted by molar-refractivity contribution is 5.87. The predicted molar refractivity (Wildman–Crippen MR) is 111 cm³/mol. The highest BCUT2D eigenvalue weighted by Crippen LogP contribution is 2.37. The van der Waals surface area contributed by atoms with Crippen LogP contribution in [0, 0.1) is 0 Å². The van der Waals surface area contributed by atoms with Crippen molar-refractivity contribution >= 4 is 28.6 Å². The largest absolute Gasteiger partial charge is 0.462 e. The van der Waals surface area contributed by atoms with Crippen molar-refractivity contribution in [2.75, 3.05) is 31.2 Å². The van der Waals surface area contributed by atoms with E-state index in [1.54, 1.807) is 0 Å². The van der Waals surface area contributed by atoms with Crippen molar-refractivity contribution in [3.8, 4) is 0 Å². The third kappa shape index (κ3) is 5.89. The van der Waals surface area contributed by atoms with Crippen LogP contribution in [0.25, 0.3) is 11.0 Å². The quantitative estimate of drug-likeness (QED) is 0.246. The van der Waals surface area contributed by atoms with Crippen LogP contribution in [0.4, 0.5) is 18.9 Å². The van der Waals surface area contributed by atoms with Gasteiger partial charge in [0.2, 0.25) is 0 Å². The van der Waals surface area contributed by atoms with E-state index < -0.39 is 41.3 Å². The van der Waals surface area contributed by atoms with Gasteiger partial charge in [0.1, 0.15) is 18.8 Å². The van der Waals surface area contributed by atoms with E-state index in [2.05, 4.69) is 6.58 Å². The van der Waals surface area contributed by atoms with Crippen molar-refractivity contribution in [2.45, 2.75) is 33.4 Å². The maximum absolute atomic E-state index is 13.9. The fourth-order valence-electron chi connectivity index (χ4n) is 3.11. The SMILES string of the molecule is C=C(C)C(=O)OCCOC(=O)Cc1c(C(F)(F)F)c2ccc(N(CC)CC)cc2oc1=O. The van der Waals surface area contributed by atoms with Gasteiger partial charge in [-0.3, -0.25) is 4.79 Å². The standard InChI is InChI=1S/C22H24F3NO6/c1-5-26(6-2)14-7-8-15-17(11-14)32-21(29)16(19(15)22(23,24)25)12-18(27)30-9-10-31-20(28)13(3)4/h7-8,11H,3,5-6,9-10,12H2,1-2,4H3. The number of nitrogens with zero attached hydrogens (tertiary/aromatic N) is 1. The summed E-state index contributed by atoms with van der Waals surface area (Å²) in [6.45, 7) is 9.13. The molecule has 0 amide bonds. The zero-order chi connectivity index (χ0) is 24.1. The molecule has 1 aromatic carbocycles. The number of hydrogen-bond donors (Lipinski definition) is 0. The van der Waals surface area contributed by atoms with Crippen LogP contribution in [0.3, 0.4) is 0 Å². The Balaban J connectivity index is 2.33. The van der Waals surface area contributed by atoms with Gasteiger partial charge in [-0.15, -0.1) is 0 Å². The van der Waals surface area contributed by atoms with Crippen LogP contribution in [-0.2, 0) is 31.7 Å². The molecule has 0 saturated carbocycles. The number of halogens is 3. The maximum atomic E-state index is 13.9. The Morgan fingerprint density at radius 3 is 2.31 bits per heavy atom. The van der Waals surface area contributed by atoms with Gasteiger partial charge in [-0.1, -0.05) is 6.58 Å². The number of alkyl halides is 3. The van der Waals surface area contributed by atoms with E-state index in [0.29, 0.717) is 18.8 Å². The van der Waals surface area contributed by atoms with E-state index in [4.69, 9.17) is 13.9 Å². The summed E-state index contributed by atoms with van der Waals surface area (Å²) in [5.74, 6) is -1.78. The lowest BCUT2D eigenvalue weighted by Crippen LogP contribution is -2.24. The number of fused-ring (bicyclic) bond motifs is 1. The molecule has 0 unspecified atom stereocenters. The van der Waals surface area contributed by atoms with Gasteiger partial charge in [0, 0.05) is 35.8 Å². The first-order valence-electron chi connectivity index (χ1n) is 9.89. The van der Waals surface area contributed by atoms with E-state index in [1.807, 2.05) is 18.7 Å². The van der Waals surface area contributed by atoms with Gasteiger partial charge in [0.25, 0.3) is 0 Å². The lowest BCUT2D eigenvalue weighted by Gasteiger charge is -2.21. The smallest absolute Gasteiger partial charge is 0.417 e. The van der Waals surface area contributed by atoms with E-state index in [0.717, 1.165) is 0 Å². The van der Waals surface area contributed by atoms with E-state index in [1.165, 1.54) is 25.1 Å². The summed E-state index contributed by atoms with van der Waals surface area (Å²) in [6, 6.07) is 4.10. The zero-order valence-electron chi connectivity index (χ0n) is 18.0. The molecule has 0 aliphatic heterocycles. The van der Waals surface area contributed by atoms with E-state index in [-0.39, 0.29) is 29.8 Å². The van der Waals surface area contributed by atoms with E-state index in [9.17, 15) is 27.6 Å². The fourth-order valence-corrected chi connectivity index (χ4v) is 3.11. The second kappa shape index (κ2) is 10.3. The minimum atomic E-state index is -4.91. The molecule has 1 heterocycles. The number of rotatable bonds is 9. The van der Waals surface area contributed by atoms with Crippen molar-refractivity contribution in [1.29, 1.82) is 0 Å². The molecule has 0 saturated heterocycles. The van der Waals surface area contributed by atoms with Gasteiger partial charge in [-0.05, 0) is 32.9 Å². The molecule has 7 nitrogen and oxygen atoms in total. The summed E-state index contributed by atoms with van der Waals surface area (Å²) in [5, 5.41) is -0.328. The van der Waals surface area contributed by atoms with Gasteiger partial charge in [-0.25, -0.2) is 9.59 Å². The zero-order valence-corrected chi connectivity index (χ0v) is 18.0. The molecule has 0 atom stereocenters. The summed E-state index contributed by atoms with van der Waals surface area (Å²) < 4.78 is 56.2. The second-order valence-corrected chi connectivity index (χ2v) is 6.91. The molecule has 0 fully saturated rings. The summed E-state index contributed by atoms with van der Waals surface area (Å²) in [5.41, 5.74) is -2.83. The van der Waals surface area contributed by atoms with Gasteiger partial charge < -0.3 is 18.8 Å². The first kappa shape index (κ1) is 25.0. The highest BCUT2D eigenvalue weighted by Gasteiger charge is 2.38. The molecule has 0 N–H and O–H groups in total. The van der Waals surface area contributed by atoms with Crippen LogP contribution in [0.15, 0.2) is 39.6 Å². The van der Waals surface area contributed by atoms with Crippen LogP contribution >= 0.6 is 0 Å². The Kier molecular flexibility index (Phi) is 8.07. The van der Waals surface area contributed by atoms with Crippen molar-refractivity contribution in [3.63, 3.8) is 0 Å². The molecule has 174 valence electrons. The molecule has 10 heteroatoms. The van der Waals surface area contributed by atoms with Crippen molar-refractivity contribution < 1.29 is 36.7 Å². The van der Waals surface area contributed by atoms with Crippen molar-refractivity contribution in [3.05, 3.63) is 51.9 Å². The summed E-state index contributed by atoms with van der Waals surface area (Å²) in [7, 11) is 0. The van der Waals surface area contributed by atoms with Crippen LogP contribution in [0.2, 0.25) is 0 Å². The predicted octanol–water partition coefficient (Wildman–Crippen LogP) is 3.86. The fraction of sp³-hybridized carbons (Fsp3) is 0.409. The number of anilines is 1. The molecule has 2 aromatic rings. The minimum absolute atomic E-state index is 0.143. The molecule has 0 radical (unpaired) electrons. The number of benzene rings is 1. The average Bonchev–Trinajstić information content (AvgIpc) is 2.71. The van der Waals surface area contributed by atoms with E-state index >= 15 is 0 Å². The Morgan fingerprint density at radius 2 is 1.75 bits per heavy atom. The van der Waals surface area contributed by atoms with Crippen molar-refractivity contribution in [2.24, 2.45) is 0 Å². The molecular formula is C22H24F3NO6. The molecule has 0 bridgehead atoms. The Hall–Kier alpha value is -3.30. The number of carbonyl (C=O) groups is 2. The summed E-state index contributed by atoms with van der Waals surface area (Å²) >= 11 is 0. The van der Waals surface area contributed by atoms with Gasteiger partial charge >= 0.3 is 23.7 Å². The average molecular weight is 455 g/mol. The molecule has 32 heavy (non-hydrogen) atoms. The third-order valence-electron chi connectivity index (χ3n) is 4.65. The number of hydrogen-bond acceptors (Lipinski definition) is 7. The summed E-state index contributed by atoms with van der Waals surface area (Å²) in [6.07, 6.45) is -5.85. The highest BCUT2D eigenvalue weighted by atomic mass is 19.4. The topological polar surface area (TPSA) is 86.1 Å². The lowest BCUT2D eigenvalue weighted by molar-refractivity contribution is -0.150. The number of esters is 2. The first-order valence-corrected chi connectivity index (χ1v) is 9.89. The number of ether oxygens (including phenoxy) is 2. The van der Waals surface area contributed by atoms with Gasteiger partial charge in [0.05, 0.1) is 17.5 Å². The lowest BCUT2D eigenvalue weighted by atomic mass is 10.0. The number of carbonyl (C=O) groups excluding carboxylic acids is 2. The third-order valence-corrected chi connectivity index (χ3v) is 4.65. The van der Waals surface area contributed by atoms with Gasteiger partial charge in [-0.2, -0.15) is 13.2 Å².